The van der Waals surface area contributed by atoms with Gasteiger partial charge in [-0.2, -0.15) is 0 Å². The first kappa shape index (κ1) is 13.5. The summed E-state index contributed by atoms with van der Waals surface area (Å²) in [6.07, 6.45) is 1.01. The number of halogens is 2. The van der Waals surface area contributed by atoms with E-state index >= 15 is 0 Å². The van der Waals surface area contributed by atoms with E-state index in [4.69, 9.17) is 23.2 Å². The normalized spacial score (nSPS) is 14.2. The molecular formula is C16H16Cl2. The SMILES string of the molecule is CCC(c1ccccc1)C(Cl)c1ccc(Cl)cc1. The van der Waals surface area contributed by atoms with Crippen LogP contribution in [-0.2, 0) is 0 Å². The van der Waals surface area contributed by atoms with Gasteiger partial charge < -0.3 is 0 Å². The van der Waals surface area contributed by atoms with Crippen molar-refractivity contribution < 1.29 is 0 Å². The second-order valence-electron chi connectivity index (χ2n) is 4.38. The molecule has 0 bridgehead atoms. The Morgan fingerprint density at radius 1 is 0.889 bits per heavy atom. The molecule has 0 spiro atoms. The minimum absolute atomic E-state index is 0.0188. The van der Waals surface area contributed by atoms with Crippen LogP contribution in [0, 0.1) is 0 Å². The van der Waals surface area contributed by atoms with Gasteiger partial charge in [-0.25, -0.2) is 0 Å². The van der Waals surface area contributed by atoms with E-state index in [2.05, 4.69) is 31.2 Å². The highest BCUT2D eigenvalue weighted by molar-refractivity contribution is 6.30. The maximum absolute atomic E-state index is 6.62. The largest absolute Gasteiger partial charge is 0.117 e. The minimum Gasteiger partial charge on any atom is -0.117 e. The predicted octanol–water partition coefficient (Wildman–Crippen LogP) is 5.81. The molecule has 0 aliphatic heterocycles. The van der Waals surface area contributed by atoms with Crippen molar-refractivity contribution >= 4 is 23.2 Å². The summed E-state index contributed by atoms with van der Waals surface area (Å²) in [5.74, 6) is 0.328. The van der Waals surface area contributed by atoms with Crippen molar-refractivity contribution in [3.05, 3.63) is 70.7 Å². The molecule has 0 aliphatic carbocycles. The Kier molecular flexibility index (Phi) is 4.68. The van der Waals surface area contributed by atoms with Crippen molar-refractivity contribution in [1.82, 2.24) is 0 Å². The second-order valence-corrected chi connectivity index (χ2v) is 5.29. The summed E-state index contributed by atoms with van der Waals surface area (Å²) in [6, 6.07) is 18.2. The van der Waals surface area contributed by atoms with E-state index in [1.54, 1.807) is 0 Å². The highest BCUT2D eigenvalue weighted by Crippen LogP contribution is 2.38. The Morgan fingerprint density at radius 2 is 1.50 bits per heavy atom. The van der Waals surface area contributed by atoms with E-state index in [0.29, 0.717) is 5.92 Å². The third-order valence-corrected chi connectivity index (χ3v) is 4.02. The lowest BCUT2D eigenvalue weighted by atomic mass is 9.89. The fourth-order valence-electron chi connectivity index (χ4n) is 2.19. The number of rotatable bonds is 4. The van der Waals surface area contributed by atoms with Crippen LogP contribution in [0.3, 0.4) is 0 Å². The van der Waals surface area contributed by atoms with Crippen LogP contribution in [0.1, 0.15) is 35.8 Å². The van der Waals surface area contributed by atoms with E-state index in [1.165, 1.54) is 5.56 Å². The van der Waals surface area contributed by atoms with Crippen LogP contribution >= 0.6 is 23.2 Å². The molecule has 2 aromatic rings. The predicted molar refractivity (Wildman–Crippen MR) is 79.5 cm³/mol. The summed E-state index contributed by atoms with van der Waals surface area (Å²) >= 11 is 12.5. The maximum atomic E-state index is 6.62. The number of hydrogen-bond donors (Lipinski definition) is 0. The van der Waals surface area contributed by atoms with Gasteiger partial charge in [-0.1, -0.05) is 61.0 Å². The Balaban J connectivity index is 2.25. The molecule has 0 aliphatic rings. The van der Waals surface area contributed by atoms with E-state index < -0.39 is 0 Å². The topological polar surface area (TPSA) is 0 Å². The Morgan fingerprint density at radius 3 is 2.06 bits per heavy atom. The van der Waals surface area contributed by atoms with E-state index in [0.717, 1.165) is 17.0 Å². The molecule has 0 saturated carbocycles. The molecule has 18 heavy (non-hydrogen) atoms. The van der Waals surface area contributed by atoms with E-state index in [9.17, 15) is 0 Å². The smallest absolute Gasteiger partial charge is 0.0653 e. The maximum Gasteiger partial charge on any atom is 0.0653 e. The molecular weight excluding hydrogens is 263 g/mol. The number of benzene rings is 2. The molecule has 94 valence electrons. The van der Waals surface area contributed by atoms with Crippen LogP contribution < -0.4 is 0 Å². The van der Waals surface area contributed by atoms with Gasteiger partial charge in [0.15, 0.2) is 0 Å². The minimum atomic E-state index is -0.0188. The van der Waals surface area contributed by atoms with E-state index in [-0.39, 0.29) is 5.38 Å². The Labute approximate surface area is 119 Å². The van der Waals surface area contributed by atoms with Crippen molar-refractivity contribution in [2.75, 3.05) is 0 Å². The third kappa shape index (κ3) is 3.07. The average Bonchev–Trinajstić information content (AvgIpc) is 2.41. The quantitative estimate of drug-likeness (QED) is 0.619. The van der Waals surface area contributed by atoms with E-state index in [1.807, 2.05) is 30.3 Å². The summed E-state index contributed by atoms with van der Waals surface area (Å²) in [5.41, 5.74) is 2.41. The van der Waals surface area contributed by atoms with Crippen molar-refractivity contribution in [3.63, 3.8) is 0 Å². The molecule has 0 N–H and O–H groups in total. The number of hydrogen-bond acceptors (Lipinski definition) is 0. The van der Waals surface area contributed by atoms with Crippen molar-refractivity contribution in [3.8, 4) is 0 Å². The zero-order valence-electron chi connectivity index (χ0n) is 10.3. The van der Waals surface area contributed by atoms with Crippen LogP contribution in [0.2, 0.25) is 5.02 Å². The molecule has 0 heterocycles. The summed E-state index contributed by atoms with van der Waals surface area (Å²) in [5, 5.41) is 0.727. The summed E-state index contributed by atoms with van der Waals surface area (Å²) in [7, 11) is 0. The molecule has 2 aromatic carbocycles. The van der Waals surface area contributed by atoms with Gasteiger partial charge in [-0.3, -0.25) is 0 Å². The van der Waals surface area contributed by atoms with Crippen LogP contribution in [-0.4, -0.2) is 0 Å². The molecule has 2 unspecified atom stereocenters. The van der Waals surface area contributed by atoms with Crippen molar-refractivity contribution in [2.45, 2.75) is 24.6 Å². The molecule has 0 amide bonds. The lowest BCUT2D eigenvalue weighted by Gasteiger charge is -2.21. The highest BCUT2D eigenvalue weighted by atomic mass is 35.5. The summed E-state index contributed by atoms with van der Waals surface area (Å²) < 4.78 is 0. The number of alkyl halides is 1. The van der Waals surface area contributed by atoms with Gasteiger partial charge >= 0.3 is 0 Å². The molecule has 2 atom stereocenters. The van der Waals surface area contributed by atoms with Gasteiger partial charge in [0.2, 0.25) is 0 Å². The zero-order chi connectivity index (χ0) is 13.0. The van der Waals surface area contributed by atoms with Crippen molar-refractivity contribution in [1.29, 1.82) is 0 Å². The van der Waals surface area contributed by atoms with Gasteiger partial charge in [0.05, 0.1) is 5.38 Å². The van der Waals surface area contributed by atoms with Gasteiger partial charge in [-0.15, -0.1) is 11.6 Å². The van der Waals surface area contributed by atoms with Gasteiger partial charge in [0.25, 0.3) is 0 Å². The molecule has 0 radical (unpaired) electrons. The van der Waals surface area contributed by atoms with Gasteiger partial charge in [-0.05, 0) is 29.7 Å². The Bertz CT molecular complexity index is 476. The fourth-order valence-corrected chi connectivity index (χ4v) is 2.79. The monoisotopic (exact) mass is 278 g/mol. The first-order valence-corrected chi connectivity index (χ1v) is 6.98. The first-order chi connectivity index (χ1) is 8.72. The lowest BCUT2D eigenvalue weighted by molar-refractivity contribution is 0.640. The highest BCUT2D eigenvalue weighted by Gasteiger charge is 2.20. The van der Waals surface area contributed by atoms with Crippen LogP contribution in [0.25, 0.3) is 0 Å². The molecule has 0 aromatic heterocycles. The molecule has 0 fully saturated rings. The zero-order valence-corrected chi connectivity index (χ0v) is 11.8. The lowest BCUT2D eigenvalue weighted by Crippen LogP contribution is -2.05. The average molecular weight is 279 g/mol. The molecule has 2 rings (SSSR count). The van der Waals surface area contributed by atoms with Gasteiger partial charge in [0.1, 0.15) is 0 Å². The van der Waals surface area contributed by atoms with Crippen LogP contribution in [0.15, 0.2) is 54.6 Å². The first-order valence-electron chi connectivity index (χ1n) is 6.17. The standard InChI is InChI=1S/C16H16Cl2/c1-2-15(12-6-4-3-5-7-12)16(18)13-8-10-14(17)11-9-13/h3-11,15-16H,2H2,1H3. The third-order valence-electron chi connectivity index (χ3n) is 3.21. The van der Waals surface area contributed by atoms with Crippen molar-refractivity contribution in [2.24, 2.45) is 0 Å². The Hall–Kier alpha value is -0.980. The second kappa shape index (κ2) is 6.26. The van der Waals surface area contributed by atoms with Crippen LogP contribution in [0.5, 0.6) is 0 Å². The summed E-state index contributed by atoms with van der Waals surface area (Å²) in [6.45, 7) is 2.17. The van der Waals surface area contributed by atoms with Gasteiger partial charge in [0, 0.05) is 10.9 Å². The summed E-state index contributed by atoms with van der Waals surface area (Å²) in [4.78, 5) is 0. The molecule has 2 heteroatoms. The molecule has 0 saturated heterocycles. The van der Waals surface area contributed by atoms with Crippen LogP contribution in [0.4, 0.5) is 0 Å². The fraction of sp³-hybridized carbons (Fsp3) is 0.250. The molecule has 0 nitrogen and oxygen atoms in total.